The number of aromatic nitrogens is 1. The normalized spacial score (nSPS) is 11.1. The summed E-state index contributed by atoms with van der Waals surface area (Å²) in [5.74, 6) is -0.220. The molecule has 1 heterocycles. The van der Waals surface area contributed by atoms with Crippen molar-refractivity contribution >= 4 is 11.6 Å². The minimum Gasteiger partial charge on any atom is -0.507 e. The van der Waals surface area contributed by atoms with Crippen LogP contribution in [0.1, 0.15) is 22.8 Å². The maximum Gasteiger partial charge on any atom is 0.272 e. The summed E-state index contributed by atoms with van der Waals surface area (Å²) in [6.07, 6.45) is 3.05. The molecule has 5 heteroatoms. The lowest BCUT2D eigenvalue weighted by Crippen LogP contribution is -2.19. The van der Waals surface area contributed by atoms with Crippen molar-refractivity contribution in [2.24, 2.45) is 5.10 Å². The van der Waals surface area contributed by atoms with Crippen LogP contribution in [0.2, 0.25) is 0 Å². The molecule has 1 amide bonds. The number of aromatic hydroxyl groups is 1. The maximum absolute atomic E-state index is 11.7. The van der Waals surface area contributed by atoms with Crippen LogP contribution < -0.4 is 5.43 Å². The van der Waals surface area contributed by atoms with Crippen LogP contribution in [0.25, 0.3) is 0 Å². The van der Waals surface area contributed by atoms with Gasteiger partial charge in [-0.15, -0.1) is 0 Å². The Bertz CT molecular complexity index is 609. The van der Waals surface area contributed by atoms with Gasteiger partial charge < -0.3 is 5.11 Å². The van der Waals surface area contributed by atoms with E-state index in [2.05, 4.69) is 15.5 Å². The SMILES string of the molecule is CC(=NNC(=O)c1cccnc1)c1ccccc1O. The standard InChI is InChI=1S/C14H13N3O2/c1-10(12-6-2-3-7-13(12)18)16-17-14(19)11-5-4-8-15-9-11/h2-9,18H,1H3,(H,17,19). The molecule has 0 fully saturated rings. The summed E-state index contributed by atoms with van der Waals surface area (Å²) in [4.78, 5) is 15.6. The summed E-state index contributed by atoms with van der Waals surface area (Å²) < 4.78 is 0. The van der Waals surface area contributed by atoms with Gasteiger partial charge in [0.15, 0.2) is 0 Å². The number of amides is 1. The highest BCUT2D eigenvalue weighted by Crippen LogP contribution is 2.16. The molecule has 0 saturated heterocycles. The molecule has 0 unspecified atom stereocenters. The van der Waals surface area contributed by atoms with Gasteiger partial charge in [-0.2, -0.15) is 5.10 Å². The minimum atomic E-state index is -0.345. The van der Waals surface area contributed by atoms with Crippen molar-refractivity contribution in [3.63, 3.8) is 0 Å². The largest absolute Gasteiger partial charge is 0.507 e. The number of nitrogens with one attached hydrogen (secondary N) is 1. The highest BCUT2D eigenvalue weighted by Gasteiger charge is 2.06. The van der Waals surface area contributed by atoms with Gasteiger partial charge in [0.05, 0.1) is 11.3 Å². The zero-order valence-electron chi connectivity index (χ0n) is 10.4. The molecule has 0 aliphatic rings. The second-order valence-corrected chi connectivity index (χ2v) is 3.90. The summed E-state index contributed by atoms with van der Waals surface area (Å²) >= 11 is 0. The van der Waals surface area contributed by atoms with Crippen molar-refractivity contribution in [2.45, 2.75) is 6.92 Å². The number of phenolic OH excluding ortho intramolecular Hbond substituents is 1. The Labute approximate surface area is 110 Å². The third kappa shape index (κ3) is 3.16. The second kappa shape index (κ2) is 5.77. The van der Waals surface area contributed by atoms with Crippen LogP contribution >= 0.6 is 0 Å². The first kappa shape index (κ1) is 12.8. The predicted molar refractivity (Wildman–Crippen MR) is 72.0 cm³/mol. The maximum atomic E-state index is 11.7. The van der Waals surface area contributed by atoms with Crippen molar-refractivity contribution in [1.82, 2.24) is 10.4 Å². The lowest BCUT2D eigenvalue weighted by Gasteiger charge is -2.04. The van der Waals surface area contributed by atoms with E-state index in [4.69, 9.17) is 0 Å². The molecule has 0 atom stereocenters. The Morgan fingerprint density at radius 3 is 2.74 bits per heavy atom. The molecule has 1 aromatic heterocycles. The zero-order valence-corrected chi connectivity index (χ0v) is 10.4. The van der Waals surface area contributed by atoms with Crippen LogP contribution in [0, 0.1) is 0 Å². The molecular weight excluding hydrogens is 242 g/mol. The van der Waals surface area contributed by atoms with Crippen LogP contribution in [-0.2, 0) is 0 Å². The van der Waals surface area contributed by atoms with Gasteiger partial charge in [0, 0.05) is 18.0 Å². The molecule has 0 aliphatic carbocycles. The molecule has 19 heavy (non-hydrogen) atoms. The first-order valence-electron chi connectivity index (χ1n) is 5.71. The predicted octanol–water partition coefficient (Wildman–Crippen LogP) is 1.94. The second-order valence-electron chi connectivity index (χ2n) is 3.90. The number of hydrogen-bond donors (Lipinski definition) is 2. The van der Waals surface area contributed by atoms with Gasteiger partial charge in [-0.1, -0.05) is 12.1 Å². The van der Waals surface area contributed by atoms with Crippen molar-refractivity contribution in [3.8, 4) is 5.75 Å². The lowest BCUT2D eigenvalue weighted by molar-refractivity contribution is 0.0954. The molecule has 0 aliphatic heterocycles. The highest BCUT2D eigenvalue weighted by atomic mass is 16.3. The van der Waals surface area contributed by atoms with Gasteiger partial charge >= 0.3 is 0 Å². The van der Waals surface area contributed by atoms with Crippen molar-refractivity contribution in [1.29, 1.82) is 0 Å². The molecule has 2 aromatic rings. The van der Waals surface area contributed by atoms with E-state index in [9.17, 15) is 9.90 Å². The number of phenols is 1. The van der Waals surface area contributed by atoms with Crippen LogP contribution in [-0.4, -0.2) is 21.7 Å². The summed E-state index contributed by atoms with van der Waals surface area (Å²) in [6.45, 7) is 1.71. The summed E-state index contributed by atoms with van der Waals surface area (Å²) in [5, 5.41) is 13.6. The molecule has 0 saturated carbocycles. The fraction of sp³-hybridized carbons (Fsp3) is 0.0714. The van der Waals surface area contributed by atoms with Crippen LogP contribution in [0.5, 0.6) is 5.75 Å². The Kier molecular flexibility index (Phi) is 3.87. The smallest absolute Gasteiger partial charge is 0.272 e. The van der Waals surface area contributed by atoms with Crippen molar-refractivity contribution < 1.29 is 9.90 Å². The first-order valence-corrected chi connectivity index (χ1v) is 5.71. The summed E-state index contributed by atoms with van der Waals surface area (Å²) in [5.41, 5.74) is 3.95. The molecule has 0 radical (unpaired) electrons. The Morgan fingerprint density at radius 2 is 2.05 bits per heavy atom. The number of hydrazone groups is 1. The van der Waals surface area contributed by atoms with Gasteiger partial charge in [0.25, 0.3) is 5.91 Å². The van der Waals surface area contributed by atoms with Crippen molar-refractivity contribution in [2.75, 3.05) is 0 Å². The lowest BCUT2D eigenvalue weighted by atomic mass is 10.1. The van der Waals surface area contributed by atoms with E-state index in [0.29, 0.717) is 16.8 Å². The van der Waals surface area contributed by atoms with Gasteiger partial charge in [-0.05, 0) is 31.2 Å². The number of carbonyl (C=O) groups excluding carboxylic acids is 1. The Morgan fingerprint density at radius 1 is 1.26 bits per heavy atom. The molecule has 0 bridgehead atoms. The van der Waals surface area contributed by atoms with E-state index in [1.807, 2.05) is 0 Å². The number of rotatable bonds is 3. The average Bonchev–Trinajstić information content (AvgIpc) is 2.46. The molecule has 96 valence electrons. The van der Waals surface area contributed by atoms with Crippen molar-refractivity contribution in [3.05, 3.63) is 59.9 Å². The minimum absolute atomic E-state index is 0.124. The molecule has 0 spiro atoms. The molecular formula is C14H13N3O2. The van der Waals surface area contributed by atoms with Gasteiger partial charge in [-0.25, -0.2) is 5.43 Å². The quantitative estimate of drug-likeness (QED) is 0.650. The number of para-hydroxylation sites is 1. The van der Waals surface area contributed by atoms with Gasteiger partial charge in [0.1, 0.15) is 5.75 Å². The monoisotopic (exact) mass is 255 g/mol. The zero-order chi connectivity index (χ0) is 13.7. The molecule has 5 nitrogen and oxygen atoms in total. The van der Waals surface area contributed by atoms with E-state index in [1.165, 1.54) is 6.20 Å². The average molecular weight is 255 g/mol. The van der Waals surface area contributed by atoms with E-state index in [1.54, 1.807) is 49.5 Å². The number of nitrogens with zero attached hydrogens (tertiary/aromatic N) is 2. The van der Waals surface area contributed by atoms with Crippen LogP contribution in [0.3, 0.4) is 0 Å². The Hall–Kier alpha value is -2.69. The fourth-order valence-corrected chi connectivity index (χ4v) is 1.54. The van der Waals surface area contributed by atoms with E-state index in [0.717, 1.165) is 0 Å². The molecule has 2 N–H and O–H groups in total. The van der Waals surface area contributed by atoms with E-state index >= 15 is 0 Å². The number of hydrogen-bond acceptors (Lipinski definition) is 4. The van der Waals surface area contributed by atoms with Crippen LogP contribution in [0.4, 0.5) is 0 Å². The number of benzene rings is 1. The summed E-state index contributed by atoms with van der Waals surface area (Å²) in [6, 6.07) is 10.1. The fourth-order valence-electron chi connectivity index (χ4n) is 1.54. The van der Waals surface area contributed by atoms with Gasteiger partial charge in [0.2, 0.25) is 0 Å². The third-order valence-electron chi connectivity index (χ3n) is 2.54. The molecule has 2 rings (SSSR count). The molecule has 1 aromatic carbocycles. The van der Waals surface area contributed by atoms with E-state index < -0.39 is 0 Å². The Balaban J connectivity index is 2.11. The highest BCUT2D eigenvalue weighted by molar-refractivity contribution is 6.02. The van der Waals surface area contributed by atoms with Crippen LogP contribution in [0.15, 0.2) is 53.9 Å². The topological polar surface area (TPSA) is 74.6 Å². The van der Waals surface area contributed by atoms with Gasteiger partial charge in [-0.3, -0.25) is 9.78 Å². The third-order valence-corrected chi connectivity index (χ3v) is 2.54. The van der Waals surface area contributed by atoms with E-state index in [-0.39, 0.29) is 11.7 Å². The summed E-state index contributed by atoms with van der Waals surface area (Å²) in [7, 11) is 0. The number of carbonyl (C=O) groups is 1. The number of pyridine rings is 1. The first-order chi connectivity index (χ1) is 9.18.